The summed E-state index contributed by atoms with van der Waals surface area (Å²) in [6.07, 6.45) is 4.12. The van der Waals surface area contributed by atoms with Gasteiger partial charge in [0.1, 0.15) is 0 Å². The fourth-order valence-corrected chi connectivity index (χ4v) is 3.53. The van der Waals surface area contributed by atoms with Crippen molar-refractivity contribution in [1.82, 2.24) is 5.32 Å². The maximum atomic E-state index is 5.47. The zero-order valence-corrected chi connectivity index (χ0v) is 13.6. The molecule has 2 rings (SSSR count). The lowest BCUT2D eigenvalue weighted by Gasteiger charge is -2.24. The van der Waals surface area contributed by atoms with Crippen LogP contribution in [0.2, 0.25) is 0 Å². The number of ether oxygens (including phenoxy) is 1. The monoisotopic (exact) mass is 373 g/mol. The first-order valence-electron chi connectivity index (χ1n) is 6.20. The van der Waals surface area contributed by atoms with Crippen molar-refractivity contribution in [3.05, 3.63) is 44.5 Å². The smallest absolute Gasteiger partial charge is 0.0876 e. The van der Waals surface area contributed by atoms with E-state index in [0.29, 0.717) is 0 Å². The molecule has 1 unspecified atom stereocenters. The van der Waals surface area contributed by atoms with E-state index in [4.69, 9.17) is 4.74 Å². The minimum atomic E-state index is 0.240. The van der Waals surface area contributed by atoms with Crippen LogP contribution in [0.1, 0.15) is 31.4 Å². The SMILES string of the molecule is CCNC(C1=COCCC1)c1cc(Br)cc(Br)c1. The maximum Gasteiger partial charge on any atom is 0.0876 e. The second-order valence-electron chi connectivity index (χ2n) is 4.36. The molecular formula is C14H17Br2NO. The number of nitrogens with one attached hydrogen (secondary N) is 1. The standard InChI is InChI=1S/C14H17Br2NO/c1-2-17-14(10-4-3-5-18-9-10)11-6-12(15)8-13(16)7-11/h6-9,14,17H,2-5H2,1H3. The quantitative estimate of drug-likeness (QED) is 0.834. The van der Waals surface area contributed by atoms with Crippen molar-refractivity contribution < 1.29 is 4.74 Å². The van der Waals surface area contributed by atoms with Gasteiger partial charge in [0.25, 0.3) is 0 Å². The summed E-state index contributed by atoms with van der Waals surface area (Å²) in [5, 5.41) is 3.53. The fraction of sp³-hybridized carbons (Fsp3) is 0.429. The first kappa shape index (κ1) is 14.1. The van der Waals surface area contributed by atoms with Crippen molar-refractivity contribution in [2.45, 2.75) is 25.8 Å². The normalized spacial score (nSPS) is 16.9. The summed E-state index contributed by atoms with van der Waals surface area (Å²) < 4.78 is 7.65. The molecule has 0 amide bonds. The van der Waals surface area contributed by atoms with Crippen molar-refractivity contribution in [2.75, 3.05) is 13.2 Å². The van der Waals surface area contributed by atoms with Crippen LogP contribution < -0.4 is 5.32 Å². The Hall–Kier alpha value is -0.320. The molecule has 0 aliphatic carbocycles. The van der Waals surface area contributed by atoms with E-state index in [9.17, 15) is 0 Å². The van der Waals surface area contributed by atoms with Gasteiger partial charge in [-0.25, -0.2) is 0 Å². The van der Waals surface area contributed by atoms with Gasteiger partial charge in [0, 0.05) is 8.95 Å². The van der Waals surface area contributed by atoms with Crippen LogP contribution in [0.25, 0.3) is 0 Å². The highest BCUT2D eigenvalue weighted by Crippen LogP contribution is 2.31. The van der Waals surface area contributed by atoms with E-state index >= 15 is 0 Å². The fourth-order valence-electron chi connectivity index (χ4n) is 2.21. The molecule has 1 aliphatic heterocycles. The summed E-state index contributed by atoms with van der Waals surface area (Å²) in [5.41, 5.74) is 2.59. The van der Waals surface area contributed by atoms with Gasteiger partial charge in [0.05, 0.1) is 18.9 Å². The molecular weight excluding hydrogens is 358 g/mol. The predicted molar refractivity (Wildman–Crippen MR) is 81.5 cm³/mol. The van der Waals surface area contributed by atoms with Crippen LogP contribution in [0.15, 0.2) is 39.0 Å². The van der Waals surface area contributed by atoms with Gasteiger partial charge in [-0.05, 0) is 48.7 Å². The zero-order valence-electron chi connectivity index (χ0n) is 10.4. The zero-order chi connectivity index (χ0) is 13.0. The second kappa shape index (κ2) is 6.73. The molecule has 4 heteroatoms. The Labute approximate surface area is 125 Å². The first-order chi connectivity index (χ1) is 8.70. The van der Waals surface area contributed by atoms with Gasteiger partial charge in [-0.15, -0.1) is 0 Å². The van der Waals surface area contributed by atoms with Crippen LogP contribution in [-0.4, -0.2) is 13.2 Å². The number of halogens is 2. The molecule has 0 fully saturated rings. The topological polar surface area (TPSA) is 21.3 Å². The Morgan fingerprint density at radius 1 is 1.28 bits per heavy atom. The Bertz CT molecular complexity index is 425. The lowest BCUT2D eigenvalue weighted by molar-refractivity contribution is 0.219. The molecule has 18 heavy (non-hydrogen) atoms. The van der Waals surface area contributed by atoms with Crippen molar-refractivity contribution in [3.8, 4) is 0 Å². The summed E-state index contributed by atoms with van der Waals surface area (Å²) in [6.45, 7) is 3.90. The molecule has 0 spiro atoms. The molecule has 1 atom stereocenters. The predicted octanol–water partition coefficient (Wildman–Crippen LogP) is 4.56. The molecule has 1 aliphatic rings. The number of rotatable bonds is 4. The van der Waals surface area contributed by atoms with Crippen LogP contribution in [0.3, 0.4) is 0 Å². The summed E-state index contributed by atoms with van der Waals surface area (Å²) in [6, 6.07) is 6.61. The van der Waals surface area contributed by atoms with E-state index in [-0.39, 0.29) is 6.04 Å². The van der Waals surface area contributed by atoms with E-state index in [2.05, 4.69) is 62.3 Å². The third kappa shape index (κ3) is 3.59. The molecule has 0 saturated carbocycles. The molecule has 0 radical (unpaired) electrons. The van der Waals surface area contributed by atoms with E-state index in [1.807, 2.05) is 6.26 Å². The van der Waals surface area contributed by atoms with Crippen molar-refractivity contribution in [3.63, 3.8) is 0 Å². The summed E-state index contributed by atoms with van der Waals surface area (Å²) in [7, 11) is 0. The average molecular weight is 375 g/mol. The highest BCUT2D eigenvalue weighted by Gasteiger charge is 2.18. The van der Waals surface area contributed by atoms with Crippen LogP contribution in [0.4, 0.5) is 0 Å². The third-order valence-electron chi connectivity index (χ3n) is 2.96. The molecule has 0 aromatic heterocycles. The Morgan fingerprint density at radius 3 is 2.56 bits per heavy atom. The lowest BCUT2D eigenvalue weighted by Crippen LogP contribution is -2.24. The Morgan fingerprint density at radius 2 is 2.00 bits per heavy atom. The second-order valence-corrected chi connectivity index (χ2v) is 6.19. The van der Waals surface area contributed by atoms with Crippen LogP contribution in [0.5, 0.6) is 0 Å². The van der Waals surface area contributed by atoms with Crippen LogP contribution >= 0.6 is 31.9 Å². The van der Waals surface area contributed by atoms with Crippen molar-refractivity contribution >= 4 is 31.9 Å². The Kier molecular flexibility index (Phi) is 5.27. The molecule has 1 aromatic rings. The molecule has 1 aromatic carbocycles. The van der Waals surface area contributed by atoms with Gasteiger partial charge in [0.15, 0.2) is 0 Å². The lowest BCUT2D eigenvalue weighted by atomic mass is 9.95. The maximum absolute atomic E-state index is 5.47. The van der Waals surface area contributed by atoms with Gasteiger partial charge in [-0.2, -0.15) is 0 Å². The first-order valence-corrected chi connectivity index (χ1v) is 7.79. The van der Waals surface area contributed by atoms with Gasteiger partial charge in [-0.3, -0.25) is 0 Å². The highest BCUT2D eigenvalue weighted by molar-refractivity contribution is 9.11. The minimum absolute atomic E-state index is 0.240. The van der Waals surface area contributed by atoms with Gasteiger partial charge < -0.3 is 10.1 Å². The van der Waals surface area contributed by atoms with Gasteiger partial charge >= 0.3 is 0 Å². The largest absolute Gasteiger partial charge is 0.501 e. The molecule has 0 bridgehead atoms. The average Bonchev–Trinajstić information content (AvgIpc) is 2.36. The molecule has 2 nitrogen and oxygen atoms in total. The summed E-state index contributed by atoms with van der Waals surface area (Å²) in [5.74, 6) is 0. The van der Waals surface area contributed by atoms with E-state index < -0.39 is 0 Å². The van der Waals surface area contributed by atoms with Crippen LogP contribution in [0, 0.1) is 0 Å². The van der Waals surface area contributed by atoms with Gasteiger partial charge in [0.2, 0.25) is 0 Å². The van der Waals surface area contributed by atoms with E-state index in [1.165, 1.54) is 11.1 Å². The van der Waals surface area contributed by atoms with E-state index in [1.54, 1.807) is 0 Å². The molecule has 0 saturated heterocycles. The number of likely N-dealkylation sites (N-methyl/N-ethyl adjacent to an activating group) is 1. The third-order valence-corrected chi connectivity index (χ3v) is 3.88. The van der Waals surface area contributed by atoms with Gasteiger partial charge in [-0.1, -0.05) is 38.8 Å². The van der Waals surface area contributed by atoms with Crippen molar-refractivity contribution in [2.24, 2.45) is 0 Å². The Balaban J connectivity index is 2.31. The molecule has 1 N–H and O–H groups in total. The highest BCUT2D eigenvalue weighted by atomic mass is 79.9. The summed E-state index contributed by atoms with van der Waals surface area (Å²) >= 11 is 7.10. The van der Waals surface area contributed by atoms with Crippen LogP contribution in [-0.2, 0) is 4.74 Å². The molecule has 98 valence electrons. The minimum Gasteiger partial charge on any atom is -0.501 e. The number of benzene rings is 1. The van der Waals surface area contributed by atoms with Crippen molar-refractivity contribution in [1.29, 1.82) is 0 Å². The van der Waals surface area contributed by atoms with E-state index in [0.717, 1.165) is 34.9 Å². The number of hydrogen-bond acceptors (Lipinski definition) is 2. The molecule has 1 heterocycles. The summed E-state index contributed by atoms with van der Waals surface area (Å²) in [4.78, 5) is 0. The number of hydrogen-bond donors (Lipinski definition) is 1.